The lowest BCUT2D eigenvalue weighted by Crippen LogP contribution is -2.35. The molecule has 172 valence electrons. The molecular weight excluding hydrogens is 416 g/mol. The number of nitrogens with zero attached hydrogens (tertiary/aromatic N) is 2. The van der Waals surface area contributed by atoms with E-state index in [1.165, 1.54) is 12.8 Å². The van der Waals surface area contributed by atoms with Crippen molar-refractivity contribution in [3.05, 3.63) is 72.1 Å². The Kier molecular flexibility index (Phi) is 7.13. The van der Waals surface area contributed by atoms with Crippen LogP contribution in [-0.4, -0.2) is 50.2 Å². The van der Waals surface area contributed by atoms with Crippen LogP contribution in [0.25, 0.3) is 11.1 Å². The number of hydrogen-bond donors (Lipinski definition) is 0. The molecule has 0 aliphatic heterocycles. The molecule has 1 aliphatic carbocycles. The van der Waals surface area contributed by atoms with Gasteiger partial charge >= 0.3 is 0 Å². The molecule has 0 N–H and O–H groups in total. The van der Waals surface area contributed by atoms with Crippen LogP contribution in [0.4, 0.5) is 0 Å². The molecule has 0 saturated heterocycles. The summed E-state index contributed by atoms with van der Waals surface area (Å²) in [5, 5.41) is 0. The van der Waals surface area contributed by atoms with Gasteiger partial charge < -0.3 is 19.1 Å². The Morgan fingerprint density at radius 2 is 1.79 bits per heavy atom. The fraction of sp³-hybridized carbons (Fsp3) is 0.333. The molecule has 0 atom stereocenters. The number of ether oxygens (including phenoxy) is 3. The SMILES string of the molecule is COc1cccc(-c2cccnc2C(=O)N(CCc2ccc(OC)c(OC)c2)CC2CC2)c1. The van der Waals surface area contributed by atoms with Gasteiger partial charge in [0, 0.05) is 24.8 Å². The van der Waals surface area contributed by atoms with E-state index in [-0.39, 0.29) is 5.91 Å². The van der Waals surface area contributed by atoms with Crippen LogP contribution >= 0.6 is 0 Å². The van der Waals surface area contributed by atoms with Gasteiger partial charge in [-0.1, -0.05) is 24.3 Å². The van der Waals surface area contributed by atoms with Crippen LogP contribution in [0, 0.1) is 5.92 Å². The number of amides is 1. The minimum atomic E-state index is -0.0409. The van der Waals surface area contributed by atoms with Crippen LogP contribution in [0.15, 0.2) is 60.8 Å². The van der Waals surface area contributed by atoms with Crippen molar-refractivity contribution in [1.82, 2.24) is 9.88 Å². The molecule has 0 bridgehead atoms. The number of carbonyl (C=O) groups is 1. The van der Waals surface area contributed by atoms with Gasteiger partial charge in [-0.25, -0.2) is 0 Å². The maximum atomic E-state index is 13.7. The van der Waals surface area contributed by atoms with Gasteiger partial charge in [-0.15, -0.1) is 0 Å². The number of methoxy groups -OCH3 is 3. The predicted octanol–water partition coefficient (Wildman–Crippen LogP) is 4.87. The van der Waals surface area contributed by atoms with E-state index in [1.54, 1.807) is 27.5 Å². The first-order chi connectivity index (χ1) is 16.1. The summed E-state index contributed by atoms with van der Waals surface area (Å²) in [6.07, 6.45) is 4.75. The van der Waals surface area contributed by atoms with Crippen molar-refractivity contribution >= 4 is 5.91 Å². The van der Waals surface area contributed by atoms with Gasteiger partial charge in [-0.3, -0.25) is 9.78 Å². The van der Waals surface area contributed by atoms with Gasteiger partial charge in [0.05, 0.1) is 21.3 Å². The second-order valence-corrected chi connectivity index (χ2v) is 8.27. The first-order valence-corrected chi connectivity index (χ1v) is 11.2. The number of hydrogen-bond acceptors (Lipinski definition) is 5. The summed E-state index contributed by atoms with van der Waals surface area (Å²) in [6.45, 7) is 1.36. The number of carbonyl (C=O) groups excluding carboxylic acids is 1. The maximum absolute atomic E-state index is 13.7. The van der Waals surface area contributed by atoms with Crippen molar-refractivity contribution in [1.29, 1.82) is 0 Å². The third kappa shape index (κ3) is 5.45. The monoisotopic (exact) mass is 446 g/mol. The van der Waals surface area contributed by atoms with Gasteiger partial charge in [-0.2, -0.15) is 0 Å². The Balaban J connectivity index is 1.58. The quantitative estimate of drug-likeness (QED) is 0.445. The minimum Gasteiger partial charge on any atom is -0.497 e. The summed E-state index contributed by atoms with van der Waals surface area (Å²) in [5.41, 5.74) is 3.29. The molecule has 4 rings (SSSR count). The van der Waals surface area contributed by atoms with Crippen molar-refractivity contribution in [2.24, 2.45) is 5.92 Å². The molecular formula is C27H30N2O4. The molecule has 1 aliphatic rings. The highest BCUT2D eigenvalue weighted by molar-refractivity contribution is 5.99. The lowest BCUT2D eigenvalue weighted by atomic mass is 10.0. The van der Waals surface area contributed by atoms with Crippen LogP contribution in [-0.2, 0) is 6.42 Å². The van der Waals surface area contributed by atoms with Crippen LogP contribution in [0.3, 0.4) is 0 Å². The average Bonchev–Trinajstić information content (AvgIpc) is 3.70. The molecule has 1 fully saturated rings. The Bertz CT molecular complexity index is 1110. The summed E-state index contributed by atoms with van der Waals surface area (Å²) in [6, 6.07) is 17.4. The van der Waals surface area contributed by atoms with Crippen LogP contribution in [0.1, 0.15) is 28.9 Å². The maximum Gasteiger partial charge on any atom is 0.273 e. The molecule has 0 spiro atoms. The van der Waals surface area contributed by atoms with E-state index in [1.807, 2.05) is 59.5 Å². The zero-order chi connectivity index (χ0) is 23.2. The Hall–Kier alpha value is -3.54. The van der Waals surface area contributed by atoms with Crippen molar-refractivity contribution in [3.8, 4) is 28.4 Å². The smallest absolute Gasteiger partial charge is 0.273 e. The summed E-state index contributed by atoms with van der Waals surface area (Å²) >= 11 is 0. The molecule has 6 nitrogen and oxygen atoms in total. The third-order valence-electron chi connectivity index (χ3n) is 5.97. The Morgan fingerprint density at radius 3 is 2.52 bits per heavy atom. The van der Waals surface area contributed by atoms with Crippen molar-refractivity contribution in [2.75, 3.05) is 34.4 Å². The highest BCUT2D eigenvalue weighted by Crippen LogP contribution is 2.32. The molecule has 0 unspecified atom stereocenters. The average molecular weight is 447 g/mol. The normalized spacial score (nSPS) is 12.8. The summed E-state index contributed by atoms with van der Waals surface area (Å²) in [7, 11) is 4.89. The molecule has 0 radical (unpaired) electrons. The molecule has 1 saturated carbocycles. The number of rotatable bonds is 10. The highest BCUT2D eigenvalue weighted by Gasteiger charge is 2.29. The number of pyridine rings is 1. The predicted molar refractivity (Wildman–Crippen MR) is 128 cm³/mol. The zero-order valence-electron chi connectivity index (χ0n) is 19.4. The van der Waals surface area contributed by atoms with E-state index in [0.29, 0.717) is 29.7 Å². The highest BCUT2D eigenvalue weighted by atomic mass is 16.5. The first-order valence-electron chi connectivity index (χ1n) is 11.2. The van der Waals surface area contributed by atoms with Gasteiger partial charge in [0.25, 0.3) is 5.91 Å². The molecule has 1 heterocycles. The standard InChI is InChI=1S/C27H30N2O4/c1-31-22-7-4-6-21(17-22)23-8-5-14-28-26(23)27(30)29(18-20-9-10-20)15-13-19-11-12-24(32-2)25(16-19)33-3/h4-8,11-12,14,16-17,20H,9-10,13,15,18H2,1-3H3. The van der Waals surface area contributed by atoms with Crippen molar-refractivity contribution < 1.29 is 19.0 Å². The second kappa shape index (κ2) is 10.4. The minimum absolute atomic E-state index is 0.0409. The Labute approximate surface area is 195 Å². The van der Waals surface area contributed by atoms with E-state index in [9.17, 15) is 4.79 Å². The molecule has 33 heavy (non-hydrogen) atoms. The fourth-order valence-corrected chi connectivity index (χ4v) is 3.94. The largest absolute Gasteiger partial charge is 0.497 e. The summed E-state index contributed by atoms with van der Waals surface area (Å²) in [4.78, 5) is 20.1. The second-order valence-electron chi connectivity index (χ2n) is 8.27. The van der Waals surface area contributed by atoms with Crippen molar-refractivity contribution in [2.45, 2.75) is 19.3 Å². The molecule has 1 amide bonds. The van der Waals surface area contributed by atoms with E-state index < -0.39 is 0 Å². The summed E-state index contributed by atoms with van der Waals surface area (Å²) < 4.78 is 16.1. The topological polar surface area (TPSA) is 60.9 Å². The lowest BCUT2D eigenvalue weighted by molar-refractivity contribution is 0.0744. The van der Waals surface area contributed by atoms with Gasteiger partial charge in [-0.05, 0) is 66.6 Å². The lowest BCUT2D eigenvalue weighted by Gasteiger charge is -2.24. The van der Waals surface area contributed by atoms with E-state index in [4.69, 9.17) is 14.2 Å². The van der Waals surface area contributed by atoms with Crippen molar-refractivity contribution in [3.63, 3.8) is 0 Å². The van der Waals surface area contributed by atoms with E-state index >= 15 is 0 Å². The van der Waals surface area contributed by atoms with E-state index in [2.05, 4.69) is 4.98 Å². The number of aromatic nitrogens is 1. The molecule has 1 aromatic heterocycles. The van der Waals surface area contributed by atoms with E-state index in [0.717, 1.165) is 35.4 Å². The fourth-order valence-electron chi connectivity index (χ4n) is 3.94. The molecule has 6 heteroatoms. The number of benzene rings is 2. The van der Waals surface area contributed by atoms with Crippen LogP contribution in [0.2, 0.25) is 0 Å². The Morgan fingerprint density at radius 1 is 0.970 bits per heavy atom. The third-order valence-corrected chi connectivity index (χ3v) is 5.97. The van der Waals surface area contributed by atoms with Gasteiger partial charge in [0.15, 0.2) is 11.5 Å². The van der Waals surface area contributed by atoms with Gasteiger partial charge in [0.1, 0.15) is 11.4 Å². The first kappa shape index (κ1) is 22.6. The van der Waals surface area contributed by atoms with Crippen LogP contribution in [0.5, 0.6) is 17.2 Å². The van der Waals surface area contributed by atoms with Crippen LogP contribution < -0.4 is 14.2 Å². The zero-order valence-corrected chi connectivity index (χ0v) is 19.4. The van der Waals surface area contributed by atoms with Gasteiger partial charge in [0.2, 0.25) is 0 Å². The summed E-state index contributed by atoms with van der Waals surface area (Å²) in [5.74, 6) is 2.67. The molecule has 3 aromatic rings. The molecule has 2 aromatic carbocycles.